The van der Waals surface area contributed by atoms with Crippen LogP contribution >= 0.6 is 24.8 Å². The molecule has 8 heteroatoms. The van der Waals surface area contributed by atoms with E-state index in [2.05, 4.69) is 39.8 Å². The Morgan fingerprint density at radius 2 is 1.72 bits per heavy atom. The van der Waals surface area contributed by atoms with Gasteiger partial charge in [0.2, 0.25) is 5.91 Å². The fourth-order valence-electron chi connectivity index (χ4n) is 5.39. The molecular weight excluding hydrogens is 447 g/mol. The van der Waals surface area contributed by atoms with E-state index in [-0.39, 0.29) is 42.2 Å². The zero-order chi connectivity index (χ0) is 20.5. The molecule has 1 aromatic carbocycles. The van der Waals surface area contributed by atoms with Crippen LogP contribution in [0, 0.1) is 5.92 Å². The van der Waals surface area contributed by atoms with Crippen molar-refractivity contribution < 1.29 is 4.79 Å². The van der Waals surface area contributed by atoms with Gasteiger partial charge in [-0.05, 0) is 49.5 Å². The molecule has 0 spiro atoms. The molecule has 0 saturated carbocycles. The van der Waals surface area contributed by atoms with Crippen molar-refractivity contribution in [1.29, 1.82) is 0 Å². The fourth-order valence-corrected chi connectivity index (χ4v) is 5.39. The van der Waals surface area contributed by atoms with Crippen LogP contribution in [-0.4, -0.2) is 41.6 Å². The van der Waals surface area contributed by atoms with Gasteiger partial charge in [0.25, 0.3) is 5.56 Å². The van der Waals surface area contributed by atoms with E-state index < -0.39 is 6.04 Å². The number of hydrogen-bond donors (Lipinski definition) is 2. The minimum Gasteiger partial charge on any atom is -0.350 e. The summed E-state index contributed by atoms with van der Waals surface area (Å²) in [5, 5.41) is 6.54. The van der Waals surface area contributed by atoms with E-state index in [0.717, 1.165) is 37.3 Å². The highest BCUT2D eigenvalue weighted by atomic mass is 35.5. The second-order valence-electron chi connectivity index (χ2n) is 8.97. The number of piperidine rings is 1. The lowest BCUT2D eigenvalue weighted by atomic mass is 9.79. The zero-order valence-corrected chi connectivity index (χ0v) is 19.8. The van der Waals surface area contributed by atoms with E-state index in [1.165, 1.54) is 31.5 Å². The Bertz CT molecular complexity index is 973. The molecule has 2 N–H and O–H groups in total. The molecule has 5 rings (SSSR count). The van der Waals surface area contributed by atoms with Crippen molar-refractivity contribution in [3.05, 3.63) is 69.6 Å². The standard InChI is InChI=1S/C24H30N4O2.2ClH/c29-22-5-3-4-21-19-12-20(15-25-14-19)23(28(21)22)24(30)26-13-17-6-8-18(9-7-17)16-27-10-1-2-11-27;;/h3-9,19-20,23,25H,1-2,10-16H2,(H,26,30);2*1H/t19-,20+,23-;;/m1../s1. The van der Waals surface area contributed by atoms with Crippen LogP contribution in [0.2, 0.25) is 0 Å². The molecule has 3 atom stereocenters. The first-order valence-corrected chi connectivity index (χ1v) is 11.2. The summed E-state index contributed by atoms with van der Waals surface area (Å²) >= 11 is 0. The maximum Gasteiger partial charge on any atom is 0.251 e. The van der Waals surface area contributed by atoms with Gasteiger partial charge in [-0.2, -0.15) is 0 Å². The van der Waals surface area contributed by atoms with Gasteiger partial charge in [-0.1, -0.05) is 30.3 Å². The minimum absolute atomic E-state index is 0. The number of carbonyl (C=O) groups excluding carboxylic acids is 1. The molecule has 32 heavy (non-hydrogen) atoms. The number of nitrogens with zero attached hydrogens (tertiary/aromatic N) is 2. The lowest BCUT2D eigenvalue weighted by Crippen LogP contribution is -2.52. The van der Waals surface area contributed by atoms with Crippen LogP contribution in [0.5, 0.6) is 0 Å². The summed E-state index contributed by atoms with van der Waals surface area (Å²) in [5.41, 5.74) is 3.32. The van der Waals surface area contributed by atoms with Gasteiger partial charge >= 0.3 is 0 Å². The van der Waals surface area contributed by atoms with Crippen molar-refractivity contribution in [3.8, 4) is 0 Å². The van der Waals surface area contributed by atoms with E-state index in [1.54, 1.807) is 10.6 Å². The summed E-state index contributed by atoms with van der Waals surface area (Å²) in [4.78, 5) is 28.3. The number of halogens is 2. The van der Waals surface area contributed by atoms with Crippen molar-refractivity contribution in [3.63, 3.8) is 0 Å². The van der Waals surface area contributed by atoms with Gasteiger partial charge in [-0.3, -0.25) is 19.1 Å². The maximum atomic E-state index is 13.2. The Labute approximate surface area is 201 Å². The van der Waals surface area contributed by atoms with Crippen molar-refractivity contribution in [2.75, 3.05) is 26.2 Å². The van der Waals surface area contributed by atoms with E-state index in [4.69, 9.17) is 0 Å². The van der Waals surface area contributed by atoms with E-state index in [9.17, 15) is 9.59 Å². The molecule has 6 nitrogen and oxygen atoms in total. The Morgan fingerprint density at radius 3 is 2.47 bits per heavy atom. The number of pyridine rings is 1. The van der Waals surface area contributed by atoms with E-state index in [0.29, 0.717) is 12.5 Å². The lowest BCUT2D eigenvalue weighted by molar-refractivity contribution is -0.127. The second kappa shape index (κ2) is 10.8. The van der Waals surface area contributed by atoms with Gasteiger partial charge < -0.3 is 10.6 Å². The smallest absolute Gasteiger partial charge is 0.251 e. The molecule has 0 aliphatic carbocycles. The predicted molar refractivity (Wildman–Crippen MR) is 131 cm³/mol. The molecule has 2 aromatic rings. The van der Waals surface area contributed by atoms with Crippen LogP contribution in [-0.2, 0) is 17.9 Å². The first kappa shape index (κ1) is 24.8. The Kier molecular flexibility index (Phi) is 8.39. The molecule has 2 saturated heterocycles. The van der Waals surface area contributed by atoms with Crippen LogP contribution in [0.1, 0.15) is 48.0 Å². The van der Waals surface area contributed by atoms with E-state index >= 15 is 0 Å². The Balaban J connectivity index is 0.00000144. The first-order valence-electron chi connectivity index (χ1n) is 11.2. The number of fused-ring (bicyclic) bond motifs is 4. The lowest BCUT2D eigenvalue weighted by Gasteiger charge is -2.42. The van der Waals surface area contributed by atoms with Crippen LogP contribution in [0.15, 0.2) is 47.3 Å². The predicted octanol–water partition coefficient (Wildman–Crippen LogP) is 2.85. The van der Waals surface area contributed by atoms with Gasteiger partial charge in [0, 0.05) is 49.8 Å². The summed E-state index contributed by atoms with van der Waals surface area (Å²) in [7, 11) is 0. The molecule has 0 unspecified atom stereocenters. The van der Waals surface area contributed by atoms with Gasteiger partial charge in [0.1, 0.15) is 6.04 Å². The summed E-state index contributed by atoms with van der Waals surface area (Å²) < 4.78 is 1.74. The molecule has 1 amide bonds. The fraction of sp³-hybridized carbons (Fsp3) is 0.500. The van der Waals surface area contributed by atoms with Crippen molar-refractivity contribution in [1.82, 2.24) is 20.1 Å². The van der Waals surface area contributed by atoms with Crippen LogP contribution in [0.3, 0.4) is 0 Å². The third-order valence-corrected chi connectivity index (χ3v) is 6.91. The normalized spacial score (nSPS) is 24.1. The number of aromatic nitrogens is 1. The molecule has 2 fully saturated rings. The van der Waals surface area contributed by atoms with Crippen molar-refractivity contribution in [2.45, 2.75) is 44.3 Å². The summed E-state index contributed by atoms with van der Waals surface area (Å²) in [6, 6.07) is 13.5. The topological polar surface area (TPSA) is 66.4 Å². The number of hydrogen-bond acceptors (Lipinski definition) is 4. The average Bonchev–Trinajstić information content (AvgIpc) is 3.27. The molecule has 3 aliphatic heterocycles. The van der Waals surface area contributed by atoms with Crippen LogP contribution in [0.25, 0.3) is 0 Å². The van der Waals surface area contributed by atoms with Crippen LogP contribution < -0.4 is 16.2 Å². The minimum atomic E-state index is -0.438. The number of amides is 1. The highest BCUT2D eigenvalue weighted by molar-refractivity contribution is 5.85. The van der Waals surface area contributed by atoms with Gasteiger partial charge in [-0.25, -0.2) is 0 Å². The van der Waals surface area contributed by atoms with E-state index in [1.807, 2.05) is 12.1 Å². The quantitative estimate of drug-likeness (QED) is 0.693. The number of rotatable bonds is 5. The highest BCUT2D eigenvalue weighted by Gasteiger charge is 2.41. The third-order valence-electron chi connectivity index (χ3n) is 6.91. The van der Waals surface area contributed by atoms with Gasteiger partial charge in [0.05, 0.1) is 0 Å². The largest absolute Gasteiger partial charge is 0.350 e. The van der Waals surface area contributed by atoms with Crippen molar-refractivity contribution >= 4 is 30.7 Å². The molecule has 2 bridgehead atoms. The maximum absolute atomic E-state index is 13.2. The highest BCUT2D eigenvalue weighted by Crippen LogP contribution is 2.38. The average molecular weight is 479 g/mol. The first-order chi connectivity index (χ1) is 14.7. The summed E-state index contributed by atoms with van der Waals surface area (Å²) in [5.74, 6) is 0.405. The number of benzene rings is 1. The van der Waals surface area contributed by atoms with Crippen molar-refractivity contribution in [2.24, 2.45) is 5.92 Å². The Hall–Kier alpha value is -1.86. The molecular formula is C24H32Cl2N4O2. The van der Waals surface area contributed by atoms with Gasteiger partial charge in [0.15, 0.2) is 0 Å². The summed E-state index contributed by atoms with van der Waals surface area (Å²) in [6.07, 6.45) is 3.56. The van der Waals surface area contributed by atoms with Crippen LogP contribution in [0.4, 0.5) is 0 Å². The second-order valence-corrected chi connectivity index (χ2v) is 8.97. The number of likely N-dealkylation sites (tertiary alicyclic amines) is 1. The monoisotopic (exact) mass is 478 g/mol. The SMILES string of the molecule is Cl.Cl.O=C(NCc1ccc(CN2CCCC2)cc1)[C@H]1[C@@H]2CNC[C@@H](C2)c2cccc(=O)n21. The molecule has 0 radical (unpaired) electrons. The third kappa shape index (κ3) is 5.04. The molecule has 4 heterocycles. The Morgan fingerprint density at radius 1 is 1.00 bits per heavy atom. The molecule has 174 valence electrons. The molecule has 1 aromatic heterocycles. The zero-order valence-electron chi connectivity index (χ0n) is 18.2. The number of carbonyl (C=O) groups is 1. The molecule has 3 aliphatic rings. The summed E-state index contributed by atoms with van der Waals surface area (Å²) in [6.45, 7) is 5.52. The van der Waals surface area contributed by atoms with Gasteiger partial charge in [-0.15, -0.1) is 24.8 Å². The number of nitrogens with one attached hydrogen (secondary N) is 2.